The van der Waals surface area contributed by atoms with Crippen LogP contribution in [-0.4, -0.2) is 84.3 Å². The first kappa shape index (κ1) is 42.8. The molecule has 5 nitrogen and oxygen atoms in total. The molecule has 0 aliphatic heterocycles. The van der Waals surface area contributed by atoms with Gasteiger partial charge in [0.05, 0.1) is 0 Å². The molecule has 0 aromatic carbocycles. The van der Waals surface area contributed by atoms with Crippen LogP contribution in [-0.2, 0) is 18.9 Å². The Hall–Kier alpha value is -2.21. The fraction of sp³-hybridized carbons (Fsp3) is 0.867. The SMILES string of the molecule is C=C(F)C(F)(F)OC(F)(C(F)(F)F)C(F)(F)OC(F)(C(F)(F)F)C(F)(F)OC(F)(C(F)(F)F)C(F)(F)OC(F)(CO)C(F)(F)F. The average Bonchev–Trinajstić information content (AvgIpc) is 2.74. The highest BCUT2D eigenvalue weighted by Crippen LogP contribution is 2.60. The van der Waals surface area contributed by atoms with Gasteiger partial charge in [-0.15, -0.1) is 0 Å². The Morgan fingerprint density at radius 2 is 0.667 bits per heavy atom. The van der Waals surface area contributed by atoms with E-state index in [9.17, 15) is 110 Å². The lowest BCUT2D eigenvalue weighted by Gasteiger charge is -2.43. The van der Waals surface area contributed by atoms with Gasteiger partial charge in [0.25, 0.3) is 0 Å². The molecule has 270 valence electrons. The van der Waals surface area contributed by atoms with E-state index in [-0.39, 0.29) is 0 Å². The predicted octanol–water partition coefficient (Wildman–Crippen LogP) is 7.81. The number of aliphatic hydroxyl groups is 1. The van der Waals surface area contributed by atoms with Gasteiger partial charge in [-0.3, -0.25) is 18.9 Å². The van der Waals surface area contributed by atoms with Crippen LogP contribution in [0.2, 0.25) is 0 Å². The summed E-state index contributed by atoms with van der Waals surface area (Å²) in [6.07, 6.45) is -65.0. The molecule has 4 unspecified atom stereocenters. The molecule has 30 heteroatoms. The van der Waals surface area contributed by atoms with E-state index in [0.29, 0.717) is 0 Å². The van der Waals surface area contributed by atoms with Gasteiger partial charge in [-0.25, -0.2) is 4.39 Å². The Bertz CT molecular complexity index is 1060. The highest BCUT2D eigenvalue weighted by atomic mass is 19.4. The molecule has 0 aliphatic carbocycles. The Balaban J connectivity index is 7.46. The fourth-order valence-corrected chi connectivity index (χ4v) is 2.01. The summed E-state index contributed by atoms with van der Waals surface area (Å²) >= 11 is 0. The van der Waals surface area contributed by atoms with Crippen LogP contribution in [0, 0.1) is 0 Å². The minimum absolute atomic E-state index is 1.10. The fourth-order valence-electron chi connectivity index (χ4n) is 2.01. The summed E-state index contributed by atoms with van der Waals surface area (Å²) in [5, 5.41) is 8.13. The molecule has 4 atom stereocenters. The van der Waals surface area contributed by atoms with Crippen molar-refractivity contribution >= 4 is 0 Å². The van der Waals surface area contributed by atoms with Gasteiger partial charge in [0.2, 0.25) is 0 Å². The van der Waals surface area contributed by atoms with E-state index in [2.05, 4.69) is 0 Å². The normalized spacial score (nSPS) is 20.6. The molecule has 0 rings (SSSR count). The summed E-state index contributed by atoms with van der Waals surface area (Å²) in [7, 11) is 0. The number of hydrogen-bond acceptors (Lipinski definition) is 5. The first-order valence-electron chi connectivity index (χ1n) is 9.38. The van der Waals surface area contributed by atoms with Crippen molar-refractivity contribution < 1.29 is 134 Å². The van der Waals surface area contributed by atoms with Gasteiger partial charge in [0.1, 0.15) is 6.61 Å². The monoisotopic (exact) mass is 740 g/mol. The molecule has 0 bridgehead atoms. The summed E-state index contributed by atoms with van der Waals surface area (Å²) in [6, 6.07) is 0. The number of alkyl halides is 24. The molecule has 0 heterocycles. The van der Waals surface area contributed by atoms with E-state index in [1.807, 2.05) is 0 Å². The molecule has 0 spiro atoms. The minimum atomic E-state index is -8.87. The minimum Gasteiger partial charge on any atom is -0.390 e. The summed E-state index contributed by atoms with van der Waals surface area (Å²) in [5.41, 5.74) is 0. The number of ether oxygens (including phenoxy) is 4. The average molecular weight is 740 g/mol. The summed E-state index contributed by atoms with van der Waals surface area (Å²) in [5.74, 6) is -36.3. The van der Waals surface area contributed by atoms with E-state index in [0.717, 1.165) is 9.47 Å². The Kier molecular flexibility index (Phi) is 10.9. The zero-order valence-corrected chi connectivity index (χ0v) is 19.4. The van der Waals surface area contributed by atoms with Crippen molar-refractivity contribution in [1.82, 2.24) is 0 Å². The van der Waals surface area contributed by atoms with Gasteiger partial charge in [0.15, 0.2) is 5.83 Å². The second-order valence-corrected chi connectivity index (χ2v) is 7.54. The van der Waals surface area contributed by atoms with Crippen molar-refractivity contribution in [1.29, 1.82) is 0 Å². The molecule has 0 radical (unpaired) electrons. The van der Waals surface area contributed by atoms with Crippen LogP contribution in [0.4, 0.5) is 110 Å². The third kappa shape index (κ3) is 7.52. The smallest absolute Gasteiger partial charge is 0.390 e. The zero-order chi connectivity index (χ0) is 37.1. The molecule has 0 amide bonds. The van der Waals surface area contributed by atoms with Gasteiger partial charge >= 0.3 is 72.6 Å². The largest absolute Gasteiger partial charge is 0.458 e. The Labute approximate surface area is 227 Å². The Morgan fingerprint density at radius 3 is 0.867 bits per heavy atom. The van der Waals surface area contributed by atoms with Crippen LogP contribution in [0.5, 0.6) is 0 Å². The van der Waals surface area contributed by atoms with Crippen molar-refractivity contribution in [2.75, 3.05) is 6.61 Å². The summed E-state index contributed by atoms with van der Waals surface area (Å²) in [6.45, 7) is -2.33. The maximum absolute atomic E-state index is 14.3. The topological polar surface area (TPSA) is 57.2 Å². The third-order valence-corrected chi connectivity index (χ3v) is 4.26. The molecule has 0 saturated carbocycles. The second kappa shape index (κ2) is 11.5. The molecule has 0 aromatic rings. The first-order valence-corrected chi connectivity index (χ1v) is 9.38. The van der Waals surface area contributed by atoms with Crippen LogP contribution in [0.1, 0.15) is 0 Å². The van der Waals surface area contributed by atoms with Crippen molar-refractivity contribution in [2.24, 2.45) is 0 Å². The number of halogens is 25. The Morgan fingerprint density at radius 1 is 0.422 bits per heavy atom. The van der Waals surface area contributed by atoms with Crippen molar-refractivity contribution in [2.45, 2.75) is 72.6 Å². The number of hydrogen-bond donors (Lipinski definition) is 1. The van der Waals surface area contributed by atoms with Gasteiger partial charge in [-0.1, -0.05) is 6.58 Å². The highest BCUT2D eigenvalue weighted by molar-refractivity contribution is 5.00. The molecule has 0 fully saturated rings. The molecule has 45 heavy (non-hydrogen) atoms. The quantitative estimate of drug-likeness (QED) is 0.196. The first-order chi connectivity index (χ1) is 19.1. The van der Waals surface area contributed by atoms with Crippen LogP contribution in [0.3, 0.4) is 0 Å². The highest BCUT2D eigenvalue weighted by Gasteiger charge is 2.88. The molecule has 1 N–H and O–H groups in total. The third-order valence-electron chi connectivity index (χ3n) is 4.26. The van der Waals surface area contributed by atoms with E-state index >= 15 is 0 Å². The van der Waals surface area contributed by atoms with Crippen LogP contribution < -0.4 is 0 Å². The lowest BCUT2D eigenvalue weighted by atomic mass is 10.2. The van der Waals surface area contributed by atoms with Crippen LogP contribution >= 0.6 is 0 Å². The van der Waals surface area contributed by atoms with Crippen LogP contribution in [0.15, 0.2) is 12.4 Å². The summed E-state index contributed by atoms with van der Waals surface area (Å²) < 4.78 is 337. The van der Waals surface area contributed by atoms with Gasteiger partial charge in [-0.05, 0) is 0 Å². The second-order valence-electron chi connectivity index (χ2n) is 7.54. The number of rotatable bonds is 13. The van der Waals surface area contributed by atoms with Crippen molar-refractivity contribution in [3.05, 3.63) is 12.4 Å². The maximum Gasteiger partial charge on any atom is 0.458 e. The standard InChI is InChI=1S/C15H5F25O5/c1-3(16)5(18,19)43-6(20,10(26,27)28)14(37,38)45-8(22,12(32,33)34)15(39,40)44-7(21,11(29,30)31)13(35,36)42-4(17,2-41)9(23,24)25/h41H,1-2H2. The maximum atomic E-state index is 14.3. The van der Waals surface area contributed by atoms with Gasteiger partial charge in [0, 0.05) is 0 Å². The number of aliphatic hydroxyl groups excluding tert-OH is 1. The van der Waals surface area contributed by atoms with E-state index in [1.54, 1.807) is 4.74 Å². The van der Waals surface area contributed by atoms with Crippen molar-refractivity contribution in [3.63, 3.8) is 0 Å². The van der Waals surface area contributed by atoms with Crippen molar-refractivity contribution in [3.8, 4) is 0 Å². The van der Waals surface area contributed by atoms with E-state index < -0.39 is 85.0 Å². The zero-order valence-electron chi connectivity index (χ0n) is 19.4. The van der Waals surface area contributed by atoms with E-state index in [4.69, 9.17) is 5.11 Å². The molecule has 0 aromatic heterocycles. The predicted molar refractivity (Wildman–Crippen MR) is 81.0 cm³/mol. The lowest BCUT2D eigenvalue weighted by molar-refractivity contribution is -0.587. The molecule has 0 aliphatic rings. The lowest BCUT2D eigenvalue weighted by Crippen LogP contribution is -2.71. The van der Waals surface area contributed by atoms with Gasteiger partial charge < -0.3 is 5.11 Å². The molecular weight excluding hydrogens is 735 g/mol. The summed E-state index contributed by atoms with van der Waals surface area (Å²) in [4.78, 5) is 0. The molecular formula is C15H5F25O5. The van der Waals surface area contributed by atoms with E-state index in [1.165, 1.54) is 11.3 Å². The van der Waals surface area contributed by atoms with Crippen LogP contribution in [0.25, 0.3) is 0 Å². The molecule has 0 saturated heterocycles. The van der Waals surface area contributed by atoms with Gasteiger partial charge in [-0.2, -0.15) is 105 Å².